The Balaban J connectivity index is 1.22. The third kappa shape index (κ3) is 5.58. The van der Waals surface area contributed by atoms with Crippen molar-refractivity contribution in [3.8, 4) is 0 Å². The van der Waals surface area contributed by atoms with Crippen molar-refractivity contribution in [1.82, 2.24) is 20.1 Å². The van der Waals surface area contributed by atoms with Gasteiger partial charge in [-0.25, -0.2) is 0 Å². The van der Waals surface area contributed by atoms with Crippen LogP contribution in [0.1, 0.15) is 51.2 Å². The molecular weight excluding hydrogens is 620 g/mol. The summed E-state index contributed by atoms with van der Waals surface area (Å²) in [7, 11) is 1.74. The second-order valence-corrected chi connectivity index (χ2v) is 14.7. The molecule has 3 aromatic rings. The molecule has 3 N–H and O–H groups in total. The predicted octanol–water partition coefficient (Wildman–Crippen LogP) is 4.90. The molecule has 1 aliphatic heterocycles. The number of carbonyl (C=O) groups is 3. The summed E-state index contributed by atoms with van der Waals surface area (Å²) in [5.41, 5.74) is 3.08. The van der Waals surface area contributed by atoms with Gasteiger partial charge in [0.1, 0.15) is 12.1 Å². The van der Waals surface area contributed by atoms with E-state index in [0.29, 0.717) is 18.4 Å². The number of halogens is 1. The fraction of sp³-hybridized carbons (Fsp3) is 0.514. The van der Waals surface area contributed by atoms with Crippen LogP contribution in [0.25, 0.3) is 10.9 Å². The Bertz CT molecular complexity index is 1570. The van der Waals surface area contributed by atoms with E-state index in [0.717, 1.165) is 39.3 Å². The molecule has 3 aliphatic carbocycles. The molecule has 4 aliphatic rings. The molecule has 2 bridgehead atoms. The fourth-order valence-electron chi connectivity index (χ4n) is 8.21. The number of hydrogen-bond acceptors (Lipinski definition) is 4. The van der Waals surface area contributed by atoms with Crippen LogP contribution in [0.2, 0.25) is 0 Å². The number of hydrogen-bond donors (Lipinski definition) is 3. The Hall–Kier alpha value is -3.17. The highest BCUT2D eigenvalue weighted by Gasteiger charge is 2.58. The monoisotopic (exact) mass is 662 g/mol. The lowest BCUT2D eigenvalue weighted by Gasteiger charge is -2.62. The number of para-hydroxylation sites is 1. The highest BCUT2D eigenvalue weighted by Crippen LogP contribution is 2.63. The van der Waals surface area contributed by atoms with Crippen LogP contribution in [0.15, 0.2) is 59.2 Å². The zero-order valence-corrected chi connectivity index (χ0v) is 27.5. The lowest BCUT2D eigenvalue weighted by atomic mass is 9.43. The van der Waals surface area contributed by atoms with Crippen LogP contribution in [0, 0.1) is 29.1 Å². The molecule has 4 fully saturated rings. The molecule has 1 saturated heterocycles. The van der Waals surface area contributed by atoms with Crippen LogP contribution in [0.3, 0.4) is 0 Å². The Kier molecular flexibility index (Phi) is 8.39. The highest BCUT2D eigenvalue weighted by atomic mass is 79.9. The third-order valence-electron chi connectivity index (χ3n) is 11.0. The van der Waals surface area contributed by atoms with Gasteiger partial charge in [-0.3, -0.25) is 14.4 Å². The molecule has 0 spiro atoms. The van der Waals surface area contributed by atoms with Gasteiger partial charge < -0.3 is 25.2 Å². The number of aliphatic hydroxyl groups excluding tert-OH is 1. The van der Waals surface area contributed by atoms with Crippen LogP contribution in [-0.4, -0.2) is 69.4 Å². The van der Waals surface area contributed by atoms with Gasteiger partial charge >= 0.3 is 0 Å². The second kappa shape index (κ2) is 12.0. The first-order valence-electron chi connectivity index (χ1n) is 15.8. The number of rotatable bonds is 8. The SMILES string of the molecule is CC1C(C(=O)N2C[C@H](O)CC2C(=O)NC(Cc2c[nH]c3ccccc23)C(=O)N(C)Cc2ccccc2Br)CC2CC1C2(C)C. The van der Waals surface area contributed by atoms with Gasteiger partial charge in [-0.2, -0.15) is 0 Å². The van der Waals surface area contributed by atoms with Crippen molar-refractivity contribution < 1.29 is 19.5 Å². The van der Waals surface area contributed by atoms with E-state index in [1.54, 1.807) is 16.8 Å². The molecule has 2 heterocycles. The van der Waals surface area contributed by atoms with Gasteiger partial charge in [0.25, 0.3) is 0 Å². The first kappa shape index (κ1) is 30.8. The summed E-state index contributed by atoms with van der Waals surface area (Å²) >= 11 is 3.57. The second-order valence-electron chi connectivity index (χ2n) is 13.9. The number of amides is 3. The van der Waals surface area contributed by atoms with Crippen molar-refractivity contribution in [2.24, 2.45) is 29.1 Å². The van der Waals surface area contributed by atoms with Crippen molar-refractivity contribution in [3.63, 3.8) is 0 Å². The van der Waals surface area contributed by atoms with Gasteiger partial charge in [0.2, 0.25) is 17.7 Å². The normalized spacial score (nSPS) is 27.9. The van der Waals surface area contributed by atoms with Crippen LogP contribution in [0.4, 0.5) is 0 Å². The largest absolute Gasteiger partial charge is 0.391 e. The first-order valence-corrected chi connectivity index (χ1v) is 16.6. The van der Waals surface area contributed by atoms with Gasteiger partial charge in [0.15, 0.2) is 0 Å². The lowest BCUT2D eigenvalue weighted by molar-refractivity contribution is -0.164. The number of aromatic amines is 1. The van der Waals surface area contributed by atoms with Gasteiger partial charge in [0.05, 0.1) is 6.10 Å². The zero-order chi connectivity index (χ0) is 31.3. The number of benzene rings is 2. The van der Waals surface area contributed by atoms with E-state index in [4.69, 9.17) is 0 Å². The van der Waals surface area contributed by atoms with E-state index in [9.17, 15) is 19.5 Å². The predicted molar refractivity (Wildman–Crippen MR) is 173 cm³/mol. The van der Waals surface area contributed by atoms with Gasteiger partial charge in [0, 0.05) is 60.5 Å². The molecule has 9 heteroatoms. The average Bonchev–Trinajstić information content (AvgIpc) is 3.60. The Morgan fingerprint density at radius 2 is 1.82 bits per heavy atom. The molecule has 44 heavy (non-hydrogen) atoms. The first-order chi connectivity index (χ1) is 21.0. The van der Waals surface area contributed by atoms with E-state index in [1.807, 2.05) is 54.7 Å². The Morgan fingerprint density at radius 3 is 2.55 bits per heavy atom. The summed E-state index contributed by atoms with van der Waals surface area (Å²) in [6.07, 6.45) is 3.55. The van der Waals surface area contributed by atoms with E-state index < -0.39 is 24.1 Å². The van der Waals surface area contributed by atoms with Crippen molar-refractivity contribution in [2.45, 2.75) is 71.2 Å². The van der Waals surface area contributed by atoms with Crippen molar-refractivity contribution in [3.05, 3.63) is 70.3 Å². The summed E-state index contributed by atoms with van der Waals surface area (Å²) in [6, 6.07) is 14.0. The fourth-order valence-corrected chi connectivity index (χ4v) is 8.62. The lowest BCUT2D eigenvalue weighted by Crippen LogP contribution is -2.59. The van der Waals surface area contributed by atoms with Crippen molar-refractivity contribution >= 4 is 44.6 Å². The molecule has 2 aromatic carbocycles. The minimum atomic E-state index is -0.856. The number of nitrogens with zero attached hydrogens (tertiary/aromatic N) is 2. The summed E-state index contributed by atoms with van der Waals surface area (Å²) in [6.45, 7) is 7.28. The molecule has 6 unspecified atom stereocenters. The number of H-pyrrole nitrogens is 1. The van der Waals surface area contributed by atoms with Crippen LogP contribution >= 0.6 is 15.9 Å². The molecule has 3 amide bonds. The van der Waals surface area contributed by atoms with E-state index in [-0.39, 0.29) is 48.5 Å². The molecule has 1 aromatic heterocycles. The third-order valence-corrected chi connectivity index (χ3v) is 11.8. The minimum absolute atomic E-state index is 0.0371. The summed E-state index contributed by atoms with van der Waals surface area (Å²) in [5, 5.41) is 14.7. The number of likely N-dealkylation sites (tertiary alicyclic amines) is 1. The number of aromatic nitrogens is 1. The van der Waals surface area contributed by atoms with Gasteiger partial charge in [-0.1, -0.05) is 73.1 Å². The minimum Gasteiger partial charge on any atom is -0.391 e. The number of likely N-dealkylation sites (N-methyl/N-ethyl adjacent to an activating group) is 1. The maximum atomic E-state index is 14.0. The molecule has 234 valence electrons. The maximum absolute atomic E-state index is 14.0. The van der Waals surface area contributed by atoms with Crippen LogP contribution in [0.5, 0.6) is 0 Å². The molecule has 3 saturated carbocycles. The average molecular weight is 664 g/mol. The molecule has 7 rings (SSSR count). The van der Waals surface area contributed by atoms with Gasteiger partial charge in [-0.05, 0) is 59.3 Å². The van der Waals surface area contributed by atoms with Gasteiger partial charge in [-0.15, -0.1) is 0 Å². The van der Waals surface area contributed by atoms with E-state index in [2.05, 4.69) is 47.0 Å². The van der Waals surface area contributed by atoms with Crippen molar-refractivity contribution in [2.75, 3.05) is 13.6 Å². The number of aliphatic hydroxyl groups is 1. The summed E-state index contributed by atoms with van der Waals surface area (Å²) < 4.78 is 0.906. The quantitative estimate of drug-likeness (QED) is 0.319. The standard InChI is InChI=1S/C35H43BrN4O4/c1-20-26(14-23-15-27(20)35(23,2)3)33(43)40-19-24(41)16-31(40)32(42)38-30(13-22-17-37-29-12-8-6-10-25(22)29)34(44)39(4)18-21-9-5-7-11-28(21)36/h5-12,17,20,23-24,26-27,30-31,37,41H,13-16,18-19H2,1-4H3,(H,38,42)/t20?,23?,24-,26?,27?,30?,31?/m1/s1. The Morgan fingerprint density at radius 1 is 1.09 bits per heavy atom. The number of nitrogens with one attached hydrogen (secondary N) is 2. The van der Waals surface area contributed by atoms with Crippen molar-refractivity contribution in [1.29, 1.82) is 0 Å². The number of β-amino-alcohol motifs (C(OH)–C–C–N with tert-alkyl or cyclic N) is 1. The molecule has 7 atom stereocenters. The van der Waals surface area contributed by atoms with E-state index in [1.165, 1.54) is 0 Å². The summed E-state index contributed by atoms with van der Waals surface area (Å²) in [4.78, 5) is 48.4. The highest BCUT2D eigenvalue weighted by molar-refractivity contribution is 9.10. The smallest absolute Gasteiger partial charge is 0.245 e. The number of fused-ring (bicyclic) bond motifs is 3. The maximum Gasteiger partial charge on any atom is 0.245 e. The Labute approximate surface area is 267 Å². The zero-order valence-electron chi connectivity index (χ0n) is 25.9. The summed E-state index contributed by atoms with van der Waals surface area (Å²) in [5.74, 6) is 0.432. The van der Waals surface area contributed by atoms with E-state index >= 15 is 0 Å². The molecule has 0 radical (unpaired) electrons. The van der Waals surface area contributed by atoms with Crippen LogP contribution in [-0.2, 0) is 27.3 Å². The molecular formula is C35H43BrN4O4. The number of carbonyl (C=O) groups excluding carboxylic acids is 3. The van der Waals surface area contributed by atoms with Crippen LogP contribution < -0.4 is 5.32 Å². The molecule has 8 nitrogen and oxygen atoms in total. The topological polar surface area (TPSA) is 106 Å².